The first-order chi connectivity index (χ1) is 16.9. The molecular formula is C27H34N2O6. The maximum absolute atomic E-state index is 12.7. The Kier molecular flexibility index (Phi) is 6.81. The van der Waals surface area contributed by atoms with Crippen LogP contribution in [-0.2, 0) is 25.6 Å². The molecule has 0 aromatic heterocycles. The highest BCUT2D eigenvalue weighted by molar-refractivity contribution is 5.94. The van der Waals surface area contributed by atoms with Crippen LogP contribution in [0.25, 0.3) is 0 Å². The number of carbonyl (C=O) groups excluding carboxylic acids is 2. The second kappa shape index (κ2) is 9.85. The predicted octanol–water partition coefficient (Wildman–Crippen LogP) is 2.15. The molecule has 3 unspecified atom stereocenters. The Morgan fingerprint density at radius 3 is 2.51 bits per heavy atom. The SMILES string of the molecule is COC(CN1CCN(CC(O)C2C(=O)CC3=COCC3=C2C)CC1)c1ccc2c(c1C)COC2=O. The summed E-state index contributed by atoms with van der Waals surface area (Å²) in [5.41, 5.74) is 6.78. The largest absolute Gasteiger partial charge is 0.496 e. The predicted molar refractivity (Wildman–Crippen MR) is 129 cm³/mol. The van der Waals surface area contributed by atoms with Crippen LogP contribution in [0.4, 0.5) is 0 Å². The number of piperazine rings is 1. The molecule has 3 atom stereocenters. The third kappa shape index (κ3) is 4.56. The monoisotopic (exact) mass is 482 g/mol. The van der Waals surface area contributed by atoms with Crippen LogP contribution in [0, 0.1) is 12.8 Å². The lowest BCUT2D eigenvalue weighted by molar-refractivity contribution is -0.125. The third-order valence-electron chi connectivity index (χ3n) is 8.05. The molecule has 1 fully saturated rings. The molecule has 1 aliphatic carbocycles. The number of hydrogen-bond acceptors (Lipinski definition) is 8. The van der Waals surface area contributed by atoms with Gasteiger partial charge in [0.2, 0.25) is 0 Å². The molecule has 3 aliphatic heterocycles. The van der Waals surface area contributed by atoms with Gasteiger partial charge in [-0.05, 0) is 36.6 Å². The van der Waals surface area contributed by atoms with E-state index in [1.807, 2.05) is 26.0 Å². The van der Waals surface area contributed by atoms with Gasteiger partial charge in [-0.2, -0.15) is 0 Å². The summed E-state index contributed by atoms with van der Waals surface area (Å²) in [4.78, 5) is 29.2. The van der Waals surface area contributed by atoms with Crippen molar-refractivity contribution in [3.8, 4) is 0 Å². The average molecular weight is 483 g/mol. The third-order valence-corrected chi connectivity index (χ3v) is 8.05. The fraction of sp³-hybridized carbons (Fsp3) is 0.556. The zero-order chi connectivity index (χ0) is 24.7. The van der Waals surface area contributed by atoms with Crippen molar-refractivity contribution < 1.29 is 28.9 Å². The molecule has 1 saturated heterocycles. The van der Waals surface area contributed by atoms with Crippen LogP contribution in [-0.4, -0.2) is 85.7 Å². The second-order valence-electron chi connectivity index (χ2n) is 10.0. The Morgan fingerprint density at radius 2 is 1.80 bits per heavy atom. The summed E-state index contributed by atoms with van der Waals surface area (Å²) in [6.45, 7) is 9.42. The number of cyclic esters (lactones) is 1. The number of nitrogens with zero attached hydrogens (tertiary/aromatic N) is 2. The fourth-order valence-electron chi connectivity index (χ4n) is 5.91. The van der Waals surface area contributed by atoms with Gasteiger partial charge >= 0.3 is 5.97 Å². The normalized spacial score (nSPS) is 24.6. The minimum atomic E-state index is -0.714. The molecule has 8 nitrogen and oxygen atoms in total. The highest BCUT2D eigenvalue weighted by atomic mass is 16.5. The molecular weight excluding hydrogens is 448 g/mol. The van der Waals surface area contributed by atoms with Crippen LogP contribution in [0.2, 0.25) is 0 Å². The van der Waals surface area contributed by atoms with E-state index in [0.717, 1.165) is 66.1 Å². The van der Waals surface area contributed by atoms with Crippen molar-refractivity contribution in [1.29, 1.82) is 0 Å². The molecule has 1 aromatic rings. The van der Waals surface area contributed by atoms with E-state index in [0.29, 0.717) is 31.7 Å². The van der Waals surface area contributed by atoms with Crippen LogP contribution in [0.5, 0.6) is 0 Å². The van der Waals surface area contributed by atoms with Crippen LogP contribution < -0.4 is 0 Å². The Balaban J connectivity index is 1.17. The van der Waals surface area contributed by atoms with E-state index < -0.39 is 12.0 Å². The molecule has 1 N–H and O–H groups in total. The van der Waals surface area contributed by atoms with Gasteiger partial charge < -0.3 is 19.3 Å². The lowest BCUT2D eigenvalue weighted by atomic mass is 9.77. The fourth-order valence-corrected chi connectivity index (χ4v) is 5.91. The van der Waals surface area contributed by atoms with Crippen molar-refractivity contribution in [3.05, 3.63) is 57.4 Å². The summed E-state index contributed by atoms with van der Waals surface area (Å²) in [6.07, 6.45) is 1.22. The summed E-state index contributed by atoms with van der Waals surface area (Å²) in [7, 11) is 1.72. The first-order valence-corrected chi connectivity index (χ1v) is 12.4. The standard InChI is InChI=1S/C27H34N2O6/c1-16-19(4-5-20-22(16)15-35-27(20)32)25(33-3)12-29-8-6-28(7-9-29)11-24(31)26-17(2)21-14-34-13-18(21)10-23(26)30/h4-5,13,24-26,31H,6-12,14-15H2,1-3H3. The molecule has 35 heavy (non-hydrogen) atoms. The summed E-state index contributed by atoms with van der Waals surface area (Å²) in [5, 5.41) is 11.0. The van der Waals surface area contributed by atoms with Crippen LogP contribution in [0.1, 0.15) is 46.5 Å². The Hall–Kier alpha value is -2.52. The van der Waals surface area contributed by atoms with Gasteiger partial charge in [-0.1, -0.05) is 11.6 Å². The first kappa shape index (κ1) is 24.2. The van der Waals surface area contributed by atoms with Gasteiger partial charge in [0.25, 0.3) is 0 Å². The van der Waals surface area contributed by atoms with Gasteiger partial charge in [0, 0.05) is 63.9 Å². The molecule has 1 aromatic carbocycles. The highest BCUT2D eigenvalue weighted by Gasteiger charge is 2.38. The van der Waals surface area contributed by atoms with E-state index in [1.165, 1.54) is 0 Å². The summed E-state index contributed by atoms with van der Waals surface area (Å²) >= 11 is 0. The highest BCUT2D eigenvalue weighted by Crippen LogP contribution is 2.36. The number of rotatable bonds is 7. The summed E-state index contributed by atoms with van der Waals surface area (Å²) in [5.74, 6) is -0.621. The minimum absolute atomic E-state index is 0.0777. The second-order valence-corrected chi connectivity index (χ2v) is 10.0. The van der Waals surface area contributed by atoms with Crippen molar-refractivity contribution in [3.63, 3.8) is 0 Å². The number of aliphatic hydroxyl groups is 1. The molecule has 0 spiro atoms. The maximum atomic E-state index is 12.7. The number of aliphatic hydroxyl groups excluding tert-OH is 1. The van der Waals surface area contributed by atoms with Crippen LogP contribution in [0.3, 0.4) is 0 Å². The molecule has 188 valence electrons. The average Bonchev–Trinajstić information content (AvgIpc) is 3.46. The van der Waals surface area contributed by atoms with Crippen molar-refractivity contribution in [2.75, 3.05) is 53.0 Å². The first-order valence-electron chi connectivity index (χ1n) is 12.4. The van der Waals surface area contributed by atoms with Crippen molar-refractivity contribution in [1.82, 2.24) is 9.80 Å². The Bertz CT molecular complexity index is 1090. The number of methoxy groups -OCH3 is 1. The molecule has 3 heterocycles. The number of carbonyl (C=O) groups is 2. The van der Waals surface area contributed by atoms with E-state index in [1.54, 1.807) is 13.4 Å². The van der Waals surface area contributed by atoms with E-state index >= 15 is 0 Å². The zero-order valence-electron chi connectivity index (χ0n) is 20.7. The topological polar surface area (TPSA) is 88.5 Å². The lowest BCUT2D eigenvalue weighted by Crippen LogP contribution is -2.51. The number of ether oxygens (including phenoxy) is 3. The molecule has 0 amide bonds. The van der Waals surface area contributed by atoms with Gasteiger partial charge in [-0.25, -0.2) is 4.79 Å². The molecule has 0 bridgehead atoms. The number of ketones is 1. The molecule has 8 heteroatoms. The van der Waals surface area contributed by atoms with Gasteiger partial charge in [0.05, 0.1) is 30.0 Å². The maximum Gasteiger partial charge on any atom is 0.338 e. The number of benzene rings is 1. The lowest BCUT2D eigenvalue weighted by Gasteiger charge is -2.38. The minimum Gasteiger partial charge on any atom is -0.496 e. The molecule has 4 aliphatic rings. The molecule has 5 rings (SSSR count). The van der Waals surface area contributed by atoms with Crippen LogP contribution in [0.15, 0.2) is 35.1 Å². The van der Waals surface area contributed by atoms with E-state index in [-0.39, 0.29) is 17.9 Å². The summed E-state index contributed by atoms with van der Waals surface area (Å²) in [6, 6.07) is 3.83. The number of fused-ring (bicyclic) bond motifs is 2. The van der Waals surface area contributed by atoms with Crippen molar-refractivity contribution in [2.45, 2.75) is 39.1 Å². The molecule has 0 radical (unpaired) electrons. The quantitative estimate of drug-likeness (QED) is 0.592. The molecule has 0 saturated carbocycles. The van der Waals surface area contributed by atoms with Crippen molar-refractivity contribution in [2.24, 2.45) is 5.92 Å². The zero-order valence-corrected chi connectivity index (χ0v) is 20.7. The Morgan fingerprint density at radius 1 is 1.09 bits per heavy atom. The summed E-state index contributed by atoms with van der Waals surface area (Å²) < 4.78 is 16.5. The Labute approximate surface area is 206 Å². The van der Waals surface area contributed by atoms with Gasteiger partial charge in [0.15, 0.2) is 0 Å². The number of β-amino-alcohol motifs (C(OH)–C–C–N with tert-alkyl or cyclic N) is 1. The van der Waals surface area contributed by atoms with E-state index in [4.69, 9.17) is 14.2 Å². The van der Waals surface area contributed by atoms with E-state index in [2.05, 4.69) is 9.80 Å². The van der Waals surface area contributed by atoms with Crippen LogP contribution >= 0.6 is 0 Å². The number of hydrogen-bond donors (Lipinski definition) is 1. The number of esters is 1. The van der Waals surface area contributed by atoms with Gasteiger partial charge in [0.1, 0.15) is 19.0 Å². The number of Topliss-reactive ketones (excluding diaryl/α,β-unsaturated/α-hetero) is 1. The van der Waals surface area contributed by atoms with E-state index in [9.17, 15) is 14.7 Å². The van der Waals surface area contributed by atoms with Crippen molar-refractivity contribution >= 4 is 11.8 Å². The smallest absolute Gasteiger partial charge is 0.338 e. The van der Waals surface area contributed by atoms with Gasteiger partial charge in [-0.15, -0.1) is 0 Å². The van der Waals surface area contributed by atoms with Gasteiger partial charge in [-0.3, -0.25) is 14.6 Å².